The number of carbonyl (C=O) groups is 1. The molecule has 2 aromatic rings. The molecule has 1 fully saturated rings. The number of morpholine rings is 1. The monoisotopic (exact) mass is 298 g/mol. The van der Waals surface area contributed by atoms with Crippen LogP contribution in [0, 0.1) is 0 Å². The zero-order chi connectivity index (χ0) is 15.4. The van der Waals surface area contributed by atoms with Crippen molar-refractivity contribution in [2.24, 2.45) is 0 Å². The third-order valence-electron chi connectivity index (χ3n) is 4.26. The van der Waals surface area contributed by atoms with Crippen molar-refractivity contribution in [1.82, 2.24) is 10.2 Å². The first-order valence-electron chi connectivity index (χ1n) is 7.83. The molecule has 0 saturated carbocycles. The van der Waals surface area contributed by atoms with Crippen LogP contribution in [0.15, 0.2) is 42.5 Å². The lowest BCUT2D eigenvalue weighted by Crippen LogP contribution is -2.47. The summed E-state index contributed by atoms with van der Waals surface area (Å²) >= 11 is 0. The lowest BCUT2D eigenvalue weighted by Gasteiger charge is -2.32. The summed E-state index contributed by atoms with van der Waals surface area (Å²) in [6.07, 6.45) is 0. The van der Waals surface area contributed by atoms with E-state index in [2.05, 4.69) is 17.1 Å². The number of nitrogens with zero attached hydrogens (tertiary/aromatic N) is 1. The Morgan fingerprint density at radius 1 is 1.18 bits per heavy atom. The van der Waals surface area contributed by atoms with Gasteiger partial charge in [0.25, 0.3) is 5.91 Å². The van der Waals surface area contributed by atoms with Crippen molar-refractivity contribution in [3.05, 3.63) is 48.0 Å². The smallest absolute Gasteiger partial charge is 0.251 e. The quantitative estimate of drug-likeness (QED) is 0.941. The van der Waals surface area contributed by atoms with E-state index in [9.17, 15) is 4.79 Å². The zero-order valence-corrected chi connectivity index (χ0v) is 12.9. The van der Waals surface area contributed by atoms with Crippen LogP contribution in [0.3, 0.4) is 0 Å². The molecule has 1 aliphatic heterocycles. The van der Waals surface area contributed by atoms with Crippen molar-refractivity contribution >= 4 is 16.7 Å². The molecule has 1 saturated heterocycles. The number of hydrogen-bond acceptors (Lipinski definition) is 3. The van der Waals surface area contributed by atoms with Crippen molar-refractivity contribution in [3.8, 4) is 0 Å². The summed E-state index contributed by atoms with van der Waals surface area (Å²) in [5.41, 5.74) is 0.743. The standard InChI is InChI=1S/C18H22N2O2/c1-14(20-9-11-22-12-10-20)13-19-18(21)17-8-4-6-15-5-2-3-7-16(15)17/h2-8,14H,9-13H2,1H3,(H,19,21). The summed E-state index contributed by atoms with van der Waals surface area (Å²) in [6, 6.07) is 14.2. The minimum Gasteiger partial charge on any atom is -0.379 e. The van der Waals surface area contributed by atoms with Gasteiger partial charge < -0.3 is 10.1 Å². The second-order valence-corrected chi connectivity index (χ2v) is 5.73. The maximum Gasteiger partial charge on any atom is 0.251 e. The van der Waals surface area contributed by atoms with Gasteiger partial charge in [0.1, 0.15) is 0 Å². The van der Waals surface area contributed by atoms with Crippen LogP contribution in [-0.2, 0) is 4.74 Å². The van der Waals surface area contributed by atoms with Crippen LogP contribution >= 0.6 is 0 Å². The van der Waals surface area contributed by atoms with Crippen LogP contribution in [-0.4, -0.2) is 49.7 Å². The molecule has 2 aromatic carbocycles. The number of hydrogen-bond donors (Lipinski definition) is 1. The third kappa shape index (κ3) is 3.29. The maximum absolute atomic E-state index is 12.5. The second-order valence-electron chi connectivity index (χ2n) is 5.73. The third-order valence-corrected chi connectivity index (χ3v) is 4.26. The van der Waals surface area contributed by atoms with E-state index in [4.69, 9.17) is 4.74 Å². The van der Waals surface area contributed by atoms with Crippen LogP contribution in [0.1, 0.15) is 17.3 Å². The number of carbonyl (C=O) groups excluding carboxylic acids is 1. The zero-order valence-electron chi connectivity index (χ0n) is 12.9. The molecule has 0 spiro atoms. The largest absolute Gasteiger partial charge is 0.379 e. The highest BCUT2D eigenvalue weighted by Gasteiger charge is 2.18. The normalized spacial score (nSPS) is 17.3. The first kappa shape index (κ1) is 15.0. The van der Waals surface area contributed by atoms with Gasteiger partial charge in [0.05, 0.1) is 13.2 Å². The summed E-state index contributed by atoms with van der Waals surface area (Å²) in [4.78, 5) is 14.8. The van der Waals surface area contributed by atoms with E-state index in [1.54, 1.807) is 0 Å². The summed E-state index contributed by atoms with van der Waals surface area (Å²) in [5, 5.41) is 5.16. The average Bonchev–Trinajstić information content (AvgIpc) is 2.59. The van der Waals surface area contributed by atoms with Crippen LogP contribution < -0.4 is 5.32 Å². The molecule has 1 N–H and O–H groups in total. The summed E-state index contributed by atoms with van der Waals surface area (Å²) in [5.74, 6) is -0.00286. The van der Waals surface area contributed by atoms with Gasteiger partial charge in [-0.05, 0) is 23.8 Å². The predicted octanol–water partition coefficient (Wildman–Crippen LogP) is 2.29. The summed E-state index contributed by atoms with van der Waals surface area (Å²) in [7, 11) is 0. The number of benzene rings is 2. The first-order valence-corrected chi connectivity index (χ1v) is 7.83. The predicted molar refractivity (Wildman–Crippen MR) is 88.1 cm³/mol. The Kier molecular flexibility index (Phi) is 4.71. The molecular formula is C18H22N2O2. The molecule has 4 nitrogen and oxygen atoms in total. The average molecular weight is 298 g/mol. The van der Waals surface area contributed by atoms with Crippen LogP contribution in [0.5, 0.6) is 0 Å². The molecule has 3 rings (SSSR count). The second kappa shape index (κ2) is 6.90. The molecule has 22 heavy (non-hydrogen) atoms. The Morgan fingerprint density at radius 2 is 1.91 bits per heavy atom. The fourth-order valence-corrected chi connectivity index (χ4v) is 2.91. The number of amides is 1. The Hall–Kier alpha value is -1.91. The van der Waals surface area contributed by atoms with Crippen molar-refractivity contribution in [2.45, 2.75) is 13.0 Å². The highest BCUT2D eigenvalue weighted by atomic mass is 16.5. The molecule has 0 aromatic heterocycles. The van der Waals surface area contributed by atoms with Crippen molar-refractivity contribution in [3.63, 3.8) is 0 Å². The first-order chi connectivity index (χ1) is 10.8. The minimum absolute atomic E-state index is 0.00286. The van der Waals surface area contributed by atoms with E-state index < -0.39 is 0 Å². The number of rotatable bonds is 4. The molecule has 0 radical (unpaired) electrons. The number of nitrogens with one attached hydrogen (secondary N) is 1. The van der Waals surface area contributed by atoms with Gasteiger partial charge >= 0.3 is 0 Å². The molecule has 1 amide bonds. The van der Waals surface area contributed by atoms with E-state index in [0.717, 1.165) is 42.6 Å². The van der Waals surface area contributed by atoms with Crippen LogP contribution in [0.25, 0.3) is 10.8 Å². The maximum atomic E-state index is 12.5. The molecular weight excluding hydrogens is 276 g/mol. The Morgan fingerprint density at radius 3 is 2.73 bits per heavy atom. The van der Waals surface area contributed by atoms with Gasteiger partial charge in [-0.2, -0.15) is 0 Å². The highest BCUT2D eigenvalue weighted by Crippen LogP contribution is 2.18. The van der Waals surface area contributed by atoms with Gasteiger partial charge in [0, 0.05) is 31.2 Å². The van der Waals surface area contributed by atoms with Gasteiger partial charge in [-0.25, -0.2) is 0 Å². The SMILES string of the molecule is CC(CNC(=O)c1cccc2ccccc12)N1CCOCC1. The van der Waals surface area contributed by atoms with E-state index in [0.29, 0.717) is 12.6 Å². The fourth-order valence-electron chi connectivity index (χ4n) is 2.91. The number of ether oxygens (including phenoxy) is 1. The van der Waals surface area contributed by atoms with Crippen molar-refractivity contribution in [2.75, 3.05) is 32.8 Å². The van der Waals surface area contributed by atoms with Gasteiger partial charge in [-0.15, -0.1) is 0 Å². The van der Waals surface area contributed by atoms with Crippen molar-refractivity contribution < 1.29 is 9.53 Å². The summed E-state index contributed by atoms with van der Waals surface area (Å²) in [6.45, 7) is 6.23. The van der Waals surface area contributed by atoms with E-state index in [-0.39, 0.29) is 5.91 Å². The van der Waals surface area contributed by atoms with Crippen LogP contribution in [0.2, 0.25) is 0 Å². The Bertz CT molecular complexity index is 645. The van der Waals surface area contributed by atoms with Crippen LogP contribution in [0.4, 0.5) is 0 Å². The van der Waals surface area contributed by atoms with Gasteiger partial charge in [0.2, 0.25) is 0 Å². The number of fused-ring (bicyclic) bond motifs is 1. The lowest BCUT2D eigenvalue weighted by molar-refractivity contribution is 0.0204. The molecule has 1 atom stereocenters. The van der Waals surface area contributed by atoms with E-state index in [1.165, 1.54) is 0 Å². The van der Waals surface area contributed by atoms with E-state index >= 15 is 0 Å². The molecule has 116 valence electrons. The van der Waals surface area contributed by atoms with E-state index in [1.807, 2.05) is 42.5 Å². The van der Waals surface area contributed by atoms with Gasteiger partial charge in [-0.1, -0.05) is 36.4 Å². The Labute approximate surface area is 131 Å². The molecule has 1 heterocycles. The lowest BCUT2D eigenvalue weighted by atomic mass is 10.0. The highest BCUT2D eigenvalue weighted by molar-refractivity contribution is 6.06. The molecule has 1 unspecified atom stereocenters. The molecule has 0 aliphatic carbocycles. The topological polar surface area (TPSA) is 41.6 Å². The van der Waals surface area contributed by atoms with Gasteiger partial charge in [-0.3, -0.25) is 9.69 Å². The summed E-state index contributed by atoms with van der Waals surface area (Å²) < 4.78 is 5.36. The molecule has 1 aliphatic rings. The fraction of sp³-hybridized carbons (Fsp3) is 0.389. The molecule has 4 heteroatoms. The minimum atomic E-state index is -0.00286. The van der Waals surface area contributed by atoms with Gasteiger partial charge in [0.15, 0.2) is 0 Å². The Balaban J connectivity index is 1.66. The van der Waals surface area contributed by atoms with Crippen molar-refractivity contribution in [1.29, 1.82) is 0 Å². The molecule has 0 bridgehead atoms.